The number of carbonyl (C=O) groups excluding carboxylic acids is 1. The fourth-order valence-electron chi connectivity index (χ4n) is 3.23. The highest BCUT2D eigenvalue weighted by atomic mass is 127. The molecule has 1 amide bonds. The van der Waals surface area contributed by atoms with E-state index >= 15 is 0 Å². The van der Waals surface area contributed by atoms with Gasteiger partial charge in [0.25, 0.3) is 0 Å². The van der Waals surface area contributed by atoms with Gasteiger partial charge in [-0.2, -0.15) is 0 Å². The first-order valence-corrected chi connectivity index (χ1v) is 10.7. The quantitative estimate of drug-likeness (QED) is 0.223. The smallest absolute Gasteiger partial charge is 0.224 e. The van der Waals surface area contributed by atoms with E-state index in [0.717, 1.165) is 35.5 Å². The molecule has 0 fully saturated rings. The topological polar surface area (TPSA) is 91.6 Å². The van der Waals surface area contributed by atoms with Crippen LogP contribution in [0, 0.1) is 5.92 Å². The average molecular weight is 541 g/mol. The maximum absolute atomic E-state index is 12.0. The SMILES string of the molecule is CCC(CC)c1cc(CNC(=NC)NCc2cccc(NC(=O)CC(C)C)c2)on1.I. The number of benzene rings is 1. The Bertz CT molecular complexity index is 831. The molecular weight excluding hydrogens is 505 g/mol. The normalized spacial score (nSPS) is 11.4. The van der Waals surface area contributed by atoms with Crippen molar-refractivity contribution in [1.82, 2.24) is 15.8 Å². The molecule has 1 aromatic carbocycles. The summed E-state index contributed by atoms with van der Waals surface area (Å²) >= 11 is 0. The molecule has 0 aliphatic rings. The first kappa shape index (κ1) is 26.9. The molecule has 0 aliphatic carbocycles. The minimum absolute atomic E-state index is 0. The highest BCUT2D eigenvalue weighted by molar-refractivity contribution is 14.0. The second kappa shape index (κ2) is 14.1. The molecule has 172 valence electrons. The average Bonchev–Trinajstić information content (AvgIpc) is 3.17. The number of nitrogens with one attached hydrogen (secondary N) is 3. The van der Waals surface area contributed by atoms with E-state index in [1.165, 1.54) is 0 Å². The lowest BCUT2D eigenvalue weighted by Crippen LogP contribution is -2.36. The summed E-state index contributed by atoms with van der Waals surface area (Å²) in [6.07, 6.45) is 2.62. The van der Waals surface area contributed by atoms with E-state index in [1.807, 2.05) is 44.2 Å². The highest BCUT2D eigenvalue weighted by Crippen LogP contribution is 2.22. The number of guanidine groups is 1. The van der Waals surface area contributed by atoms with Crippen molar-refractivity contribution in [3.8, 4) is 0 Å². The Hall–Kier alpha value is -2.10. The van der Waals surface area contributed by atoms with Gasteiger partial charge >= 0.3 is 0 Å². The van der Waals surface area contributed by atoms with Gasteiger partial charge in [-0.1, -0.05) is 45.0 Å². The number of amides is 1. The standard InChI is InChI=1S/C23H35N5O2.HI/c1-6-18(7-2)21-13-20(30-28-21)15-26-23(24-5)25-14-17-9-8-10-19(12-17)27-22(29)11-16(3)4;/h8-10,12-13,16,18H,6-7,11,14-15H2,1-5H3,(H,27,29)(H2,24,25,26);1H. The summed E-state index contributed by atoms with van der Waals surface area (Å²) in [5.41, 5.74) is 2.87. The zero-order chi connectivity index (χ0) is 21.9. The molecule has 0 saturated carbocycles. The minimum Gasteiger partial charge on any atom is -0.359 e. The van der Waals surface area contributed by atoms with Crippen molar-refractivity contribution < 1.29 is 9.32 Å². The summed E-state index contributed by atoms with van der Waals surface area (Å²) in [6.45, 7) is 9.49. The number of hydrogen-bond donors (Lipinski definition) is 3. The molecule has 0 unspecified atom stereocenters. The molecule has 0 aliphatic heterocycles. The van der Waals surface area contributed by atoms with Crippen LogP contribution in [0.4, 0.5) is 5.69 Å². The third-order valence-electron chi connectivity index (χ3n) is 4.90. The Morgan fingerprint density at radius 3 is 2.48 bits per heavy atom. The molecule has 1 aromatic heterocycles. The van der Waals surface area contributed by atoms with Crippen molar-refractivity contribution in [2.75, 3.05) is 12.4 Å². The molecule has 0 saturated heterocycles. The second-order valence-corrected chi connectivity index (χ2v) is 7.86. The number of nitrogens with zero attached hydrogens (tertiary/aromatic N) is 2. The maximum atomic E-state index is 12.0. The van der Waals surface area contributed by atoms with E-state index in [-0.39, 0.29) is 29.9 Å². The van der Waals surface area contributed by atoms with E-state index in [2.05, 4.69) is 39.9 Å². The van der Waals surface area contributed by atoms with Crippen LogP contribution in [0.2, 0.25) is 0 Å². The lowest BCUT2D eigenvalue weighted by atomic mass is 9.99. The number of hydrogen-bond acceptors (Lipinski definition) is 4. The number of carbonyl (C=O) groups is 1. The molecule has 7 nitrogen and oxygen atoms in total. The predicted octanol–water partition coefficient (Wildman–Crippen LogP) is 5.05. The molecule has 31 heavy (non-hydrogen) atoms. The summed E-state index contributed by atoms with van der Waals surface area (Å²) in [6, 6.07) is 9.83. The van der Waals surface area contributed by atoms with Gasteiger partial charge in [0.05, 0.1) is 12.2 Å². The van der Waals surface area contributed by atoms with E-state index in [4.69, 9.17) is 4.52 Å². The van der Waals surface area contributed by atoms with Crippen molar-refractivity contribution in [2.24, 2.45) is 10.9 Å². The molecule has 0 radical (unpaired) electrons. The van der Waals surface area contributed by atoms with Crippen molar-refractivity contribution in [1.29, 1.82) is 0 Å². The second-order valence-electron chi connectivity index (χ2n) is 7.86. The lowest BCUT2D eigenvalue weighted by Gasteiger charge is -2.12. The van der Waals surface area contributed by atoms with E-state index < -0.39 is 0 Å². The van der Waals surface area contributed by atoms with Crippen molar-refractivity contribution >= 4 is 41.5 Å². The fourth-order valence-corrected chi connectivity index (χ4v) is 3.23. The first-order chi connectivity index (χ1) is 14.4. The lowest BCUT2D eigenvalue weighted by molar-refractivity contribution is -0.116. The van der Waals surface area contributed by atoms with Gasteiger partial charge in [-0.05, 0) is 36.5 Å². The Balaban J connectivity index is 0.00000480. The van der Waals surface area contributed by atoms with E-state index in [9.17, 15) is 4.79 Å². The Kier molecular flexibility index (Phi) is 12.2. The van der Waals surface area contributed by atoms with Crippen LogP contribution in [-0.2, 0) is 17.9 Å². The van der Waals surface area contributed by atoms with Gasteiger partial charge in [-0.25, -0.2) is 0 Å². The number of halogens is 1. The number of aromatic nitrogens is 1. The number of rotatable bonds is 10. The van der Waals surface area contributed by atoms with Gasteiger partial charge < -0.3 is 20.5 Å². The zero-order valence-corrected chi connectivity index (χ0v) is 21.5. The van der Waals surface area contributed by atoms with Gasteiger partial charge in [-0.3, -0.25) is 9.79 Å². The molecule has 0 spiro atoms. The van der Waals surface area contributed by atoms with Crippen LogP contribution in [0.5, 0.6) is 0 Å². The van der Waals surface area contributed by atoms with Gasteiger partial charge in [0, 0.05) is 37.7 Å². The third-order valence-corrected chi connectivity index (χ3v) is 4.90. The van der Waals surface area contributed by atoms with Crippen molar-refractivity contribution in [3.05, 3.63) is 47.3 Å². The van der Waals surface area contributed by atoms with Gasteiger partial charge in [-0.15, -0.1) is 24.0 Å². The molecule has 1 heterocycles. The maximum Gasteiger partial charge on any atom is 0.224 e. The molecule has 3 N–H and O–H groups in total. The van der Waals surface area contributed by atoms with Crippen LogP contribution in [0.25, 0.3) is 0 Å². The monoisotopic (exact) mass is 541 g/mol. The molecule has 0 bridgehead atoms. The summed E-state index contributed by atoms with van der Waals surface area (Å²) in [4.78, 5) is 16.2. The zero-order valence-electron chi connectivity index (χ0n) is 19.2. The third kappa shape index (κ3) is 9.28. The van der Waals surface area contributed by atoms with Crippen LogP contribution in [0.15, 0.2) is 39.8 Å². The Morgan fingerprint density at radius 1 is 1.13 bits per heavy atom. The van der Waals surface area contributed by atoms with Crippen LogP contribution in [0.3, 0.4) is 0 Å². The minimum atomic E-state index is 0. The Labute approximate surface area is 202 Å². The van der Waals surface area contributed by atoms with Crippen molar-refractivity contribution in [3.63, 3.8) is 0 Å². The van der Waals surface area contributed by atoms with Crippen LogP contribution in [-0.4, -0.2) is 24.1 Å². The van der Waals surface area contributed by atoms with Crippen LogP contribution >= 0.6 is 24.0 Å². The Morgan fingerprint density at radius 2 is 1.84 bits per heavy atom. The molecule has 2 rings (SSSR count). The number of anilines is 1. The molecule has 0 atom stereocenters. The van der Waals surface area contributed by atoms with E-state index in [1.54, 1.807) is 7.05 Å². The van der Waals surface area contributed by atoms with Gasteiger partial charge in [0.15, 0.2) is 11.7 Å². The largest absolute Gasteiger partial charge is 0.359 e. The summed E-state index contributed by atoms with van der Waals surface area (Å²) in [5, 5.41) is 13.7. The van der Waals surface area contributed by atoms with Crippen molar-refractivity contribution in [2.45, 2.75) is 66.0 Å². The highest BCUT2D eigenvalue weighted by Gasteiger charge is 2.13. The first-order valence-electron chi connectivity index (χ1n) is 10.7. The summed E-state index contributed by atoms with van der Waals surface area (Å²) in [7, 11) is 1.73. The van der Waals surface area contributed by atoms with E-state index in [0.29, 0.717) is 37.3 Å². The number of aliphatic imine (C=N–C) groups is 1. The summed E-state index contributed by atoms with van der Waals surface area (Å²) in [5.74, 6) is 2.26. The van der Waals surface area contributed by atoms with Gasteiger partial charge in [0.2, 0.25) is 5.91 Å². The molecular formula is C23H36IN5O2. The van der Waals surface area contributed by atoms with Crippen LogP contribution in [0.1, 0.15) is 69.9 Å². The van der Waals surface area contributed by atoms with Crippen LogP contribution < -0.4 is 16.0 Å². The predicted molar refractivity (Wildman–Crippen MR) is 137 cm³/mol. The molecule has 8 heteroatoms. The molecule has 2 aromatic rings. The fraction of sp³-hybridized carbons (Fsp3) is 0.522. The van der Waals surface area contributed by atoms with Gasteiger partial charge in [0.1, 0.15) is 0 Å². The summed E-state index contributed by atoms with van der Waals surface area (Å²) < 4.78 is 5.45.